The number of carbonyl (C=O) groups is 1. The number of sulfonamides is 1. The quantitative estimate of drug-likeness (QED) is 0.736. The Balaban J connectivity index is 1.57. The molecule has 2 heterocycles. The standard InChI is InChI=1S/C17H20Cl2N2O4S/c1-2-26(23,24)21-8-6-17(12-21)5-7-20(11-17)16(22)10-25-15-4-3-13(18)9-14(15)19/h2-4,9H,1,5-8,10-12H2. The van der Waals surface area contributed by atoms with Crippen LogP contribution in [0.4, 0.5) is 0 Å². The lowest BCUT2D eigenvalue weighted by Gasteiger charge is -2.24. The lowest BCUT2D eigenvalue weighted by Crippen LogP contribution is -2.37. The van der Waals surface area contributed by atoms with E-state index in [1.54, 1.807) is 23.1 Å². The Morgan fingerprint density at radius 1 is 1.27 bits per heavy atom. The summed E-state index contributed by atoms with van der Waals surface area (Å²) in [6.07, 6.45) is 1.53. The maximum Gasteiger partial charge on any atom is 0.260 e. The van der Waals surface area contributed by atoms with Gasteiger partial charge >= 0.3 is 0 Å². The molecule has 1 aromatic carbocycles. The highest BCUT2D eigenvalue weighted by Crippen LogP contribution is 2.40. The van der Waals surface area contributed by atoms with E-state index in [4.69, 9.17) is 27.9 Å². The second-order valence-electron chi connectivity index (χ2n) is 6.72. The number of carbonyl (C=O) groups excluding carboxylic acids is 1. The van der Waals surface area contributed by atoms with Crippen molar-refractivity contribution in [2.75, 3.05) is 32.8 Å². The molecular weight excluding hydrogens is 399 g/mol. The number of halogens is 2. The first-order valence-corrected chi connectivity index (χ1v) is 10.5. The van der Waals surface area contributed by atoms with Gasteiger partial charge in [-0.1, -0.05) is 29.8 Å². The van der Waals surface area contributed by atoms with Crippen LogP contribution >= 0.6 is 23.2 Å². The zero-order chi connectivity index (χ0) is 18.9. The van der Waals surface area contributed by atoms with Crippen molar-refractivity contribution in [1.82, 2.24) is 9.21 Å². The molecule has 0 N–H and O–H groups in total. The molecule has 1 aromatic rings. The zero-order valence-electron chi connectivity index (χ0n) is 14.2. The van der Waals surface area contributed by atoms with Gasteiger partial charge < -0.3 is 9.64 Å². The lowest BCUT2D eigenvalue weighted by molar-refractivity contribution is -0.132. The average Bonchev–Trinajstić information content (AvgIpc) is 3.22. The maximum atomic E-state index is 12.5. The predicted molar refractivity (Wildman–Crippen MR) is 101 cm³/mol. The van der Waals surface area contributed by atoms with Crippen molar-refractivity contribution in [3.05, 3.63) is 40.2 Å². The zero-order valence-corrected chi connectivity index (χ0v) is 16.5. The topological polar surface area (TPSA) is 66.9 Å². The van der Waals surface area contributed by atoms with Crippen molar-refractivity contribution in [2.24, 2.45) is 5.41 Å². The van der Waals surface area contributed by atoms with Gasteiger partial charge in [0.15, 0.2) is 6.61 Å². The van der Waals surface area contributed by atoms with E-state index in [0.29, 0.717) is 42.0 Å². The van der Waals surface area contributed by atoms with E-state index in [0.717, 1.165) is 18.2 Å². The Bertz CT molecular complexity index is 830. The highest BCUT2D eigenvalue weighted by Gasteiger charge is 2.47. The number of nitrogens with zero attached hydrogens (tertiary/aromatic N) is 2. The van der Waals surface area contributed by atoms with Gasteiger partial charge in [0.05, 0.1) is 5.02 Å². The normalized spacial score (nSPS) is 23.5. The fourth-order valence-corrected chi connectivity index (χ4v) is 4.99. The minimum Gasteiger partial charge on any atom is -0.482 e. The van der Waals surface area contributed by atoms with Crippen LogP contribution in [0.15, 0.2) is 30.2 Å². The van der Waals surface area contributed by atoms with Gasteiger partial charge in [0.1, 0.15) is 5.75 Å². The first kappa shape index (κ1) is 19.5. The molecular formula is C17H20Cl2N2O4S. The minimum atomic E-state index is -3.41. The number of hydrogen-bond acceptors (Lipinski definition) is 4. The molecule has 1 amide bonds. The van der Waals surface area contributed by atoms with Gasteiger partial charge in [-0.3, -0.25) is 4.79 Å². The molecule has 6 nitrogen and oxygen atoms in total. The van der Waals surface area contributed by atoms with Crippen molar-refractivity contribution < 1.29 is 17.9 Å². The monoisotopic (exact) mass is 418 g/mol. The van der Waals surface area contributed by atoms with Crippen molar-refractivity contribution in [1.29, 1.82) is 0 Å². The number of amides is 1. The molecule has 9 heteroatoms. The van der Waals surface area contributed by atoms with E-state index in [-0.39, 0.29) is 17.9 Å². The number of likely N-dealkylation sites (tertiary alicyclic amines) is 1. The first-order valence-electron chi connectivity index (χ1n) is 8.23. The third-order valence-electron chi connectivity index (χ3n) is 5.01. The van der Waals surface area contributed by atoms with E-state index in [2.05, 4.69) is 6.58 Å². The van der Waals surface area contributed by atoms with Crippen LogP contribution in [0, 0.1) is 5.41 Å². The van der Waals surface area contributed by atoms with Crippen molar-refractivity contribution >= 4 is 39.1 Å². The van der Waals surface area contributed by atoms with Crippen LogP contribution in [0.2, 0.25) is 10.0 Å². The third-order valence-corrected chi connectivity index (χ3v) is 6.99. The minimum absolute atomic E-state index is 0.119. The number of benzene rings is 1. The maximum absolute atomic E-state index is 12.5. The van der Waals surface area contributed by atoms with E-state index >= 15 is 0 Å². The van der Waals surface area contributed by atoms with E-state index in [9.17, 15) is 13.2 Å². The number of rotatable bonds is 5. The predicted octanol–water partition coefficient (Wildman–Crippen LogP) is 2.77. The Kier molecular flexibility index (Phi) is 5.53. The second-order valence-corrected chi connectivity index (χ2v) is 9.45. The number of ether oxygens (including phenoxy) is 1. The molecule has 1 unspecified atom stereocenters. The summed E-state index contributed by atoms with van der Waals surface area (Å²) in [5.41, 5.74) is -0.177. The summed E-state index contributed by atoms with van der Waals surface area (Å²) in [7, 11) is -3.41. The summed E-state index contributed by atoms with van der Waals surface area (Å²) >= 11 is 11.9. The van der Waals surface area contributed by atoms with Gasteiger partial charge in [0.25, 0.3) is 5.91 Å². The molecule has 2 aliphatic rings. The van der Waals surface area contributed by atoms with Crippen LogP contribution in [0.1, 0.15) is 12.8 Å². The molecule has 0 aliphatic carbocycles. The van der Waals surface area contributed by atoms with E-state index in [1.165, 1.54) is 4.31 Å². The van der Waals surface area contributed by atoms with Crippen molar-refractivity contribution in [3.63, 3.8) is 0 Å². The van der Waals surface area contributed by atoms with Gasteiger partial charge in [-0.25, -0.2) is 8.42 Å². The average molecular weight is 419 g/mol. The van der Waals surface area contributed by atoms with Crippen LogP contribution in [0.5, 0.6) is 5.75 Å². The summed E-state index contributed by atoms with van der Waals surface area (Å²) in [4.78, 5) is 14.2. The van der Waals surface area contributed by atoms with Crippen LogP contribution in [0.25, 0.3) is 0 Å². The molecule has 3 rings (SSSR count). The Morgan fingerprint density at radius 3 is 2.69 bits per heavy atom. The molecule has 0 aromatic heterocycles. The summed E-state index contributed by atoms with van der Waals surface area (Å²) in [6.45, 7) is 5.27. The molecule has 0 saturated carbocycles. The molecule has 1 atom stereocenters. The van der Waals surface area contributed by atoms with Gasteiger partial charge in [-0.05, 0) is 31.0 Å². The fourth-order valence-electron chi connectivity index (χ4n) is 3.52. The van der Waals surface area contributed by atoms with Gasteiger partial charge in [-0.2, -0.15) is 4.31 Å². The molecule has 2 fully saturated rings. The highest BCUT2D eigenvalue weighted by molar-refractivity contribution is 7.92. The Morgan fingerprint density at radius 2 is 2.00 bits per heavy atom. The Hall–Kier alpha value is -1.28. The van der Waals surface area contributed by atoms with E-state index < -0.39 is 10.0 Å². The smallest absolute Gasteiger partial charge is 0.260 e. The summed E-state index contributed by atoms with van der Waals surface area (Å²) in [5, 5.41) is 1.83. The Labute approximate surface area is 163 Å². The SMILES string of the molecule is C=CS(=O)(=O)N1CCC2(CCN(C(=O)COc3ccc(Cl)cc3Cl)C2)C1. The lowest BCUT2D eigenvalue weighted by atomic mass is 9.87. The summed E-state index contributed by atoms with van der Waals surface area (Å²) in [6, 6.07) is 4.82. The summed E-state index contributed by atoms with van der Waals surface area (Å²) in [5.74, 6) is 0.264. The van der Waals surface area contributed by atoms with E-state index in [1.807, 2.05) is 0 Å². The van der Waals surface area contributed by atoms with Crippen LogP contribution < -0.4 is 4.74 Å². The van der Waals surface area contributed by atoms with Gasteiger partial charge in [0, 0.05) is 42.0 Å². The van der Waals surface area contributed by atoms with Gasteiger partial charge in [-0.15, -0.1) is 0 Å². The van der Waals surface area contributed by atoms with Crippen LogP contribution in [-0.2, 0) is 14.8 Å². The summed E-state index contributed by atoms with van der Waals surface area (Å²) < 4.78 is 30.9. The second kappa shape index (κ2) is 7.38. The molecule has 26 heavy (non-hydrogen) atoms. The molecule has 0 radical (unpaired) electrons. The molecule has 0 bridgehead atoms. The van der Waals surface area contributed by atoms with Crippen molar-refractivity contribution in [2.45, 2.75) is 12.8 Å². The fraction of sp³-hybridized carbons (Fsp3) is 0.471. The number of hydrogen-bond donors (Lipinski definition) is 0. The van der Waals surface area contributed by atoms with Crippen molar-refractivity contribution in [3.8, 4) is 5.75 Å². The molecule has 1 spiro atoms. The first-order chi connectivity index (χ1) is 12.2. The largest absolute Gasteiger partial charge is 0.482 e. The third kappa shape index (κ3) is 4.01. The van der Waals surface area contributed by atoms with Gasteiger partial charge in [0.2, 0.25) is 10.0 Å². The van der Waals surface area contributed by atoms with Crippen LogP contribution in [-0.4, -0.2) is 56.3 Å². The van der Waals surface area contributed by atoms with Crippen LogP contribution in [0.3, 0.4) is 0 Å². The highest BCUT2D eigenvalue weighted by atomic mass is 35.5. The molecule has 2 saturated heterocycles. The molecule has 142 valence electrons. The molecule has 2 aliphatic heterocycles.